The number of nitrogens with zero attached hydrogens (tertiary/aromatic N) is 4. The van der Waals surface area contributed by atoms with Crippen LogP contribution in [0.3, 0.4) is 0 Å². The quantitative estimate of drug-likeness (QED) is 0.335. The SMILES string of the molecule is CN1CCC(Nc2cc(Oc3ccc(NC(=O)c4c5c(cn(-c6ccc(F)cc6)c4=O)CCO5)cc3F)ncn2)CC1. The molecule has 0 bridgehead atoms. The molecule has 2 aromatic carbocycles. The van der Waals surface area contributed by atoms with Crippen LogP contribution in [-0.2, 0) is 6.42 Å². The van der Waals surface area contributed by atoms with E-state index in [0.29, 0.717) is 30.1 Å². The second kappa shape index (κ2) is 11.6. The van der Waals surface area contributed by atoms with Gasteiger partial charge >= 0.3 is 0 Å². The molecule has 1 saturated heterocycles. The summed E-state index contributed by atoms with van der Waals surface area (Å²) < 4.78 is 41.0. The maximum absolute atomic E-state index is 15.1. The number of piperidine rings is 1. The van der Waals surface area contributed by atoms with Crippen molar-refractivity contribution in [1.29, 1.82) is 0 Å². The molecule has 4 aromatic rings. The highest BCUT2D eigenvalue weighted by Gasteiger charge is 2.27. The van der Waals surface area contributed by atoms with Crippen molar-refractivity contribution in [2.24, 2.45) is 0 Å². The summed E-state index contributed by atoms with van der Waals surface area (Å²) >= 11 is 0. The van der Waals surface area contributed by atoms with E-state index < -0.39 is 23.1 Å². The largest absolute Gasteiger partial charge is 0.492 e. The Morgan fingerprint density at radius 1 is 1.07 bits per heavy atom. The summed E-state index contributed by atoms with van der Waals surface area (Å²) in [4.78, 5) is 37.2. The first-order valence-corrected chi connectivity index (χ1v) is 13.6. The van der Waals surface area contributed by atoms with E-state index in [2.05, 4.69) is 32.5 Å². The van der Waals surface area contributed by atoms with Gasteiger partial charge in [0.2, 0.25) is 5.88 Å². The third-order valence-electron chi connectivity index (χ3n) is 7.30. The van der Waals surface area contributed by atoms with E-state index in [1.54, 1.807) is 12.3 Å². The van der Waals surface area contributed by atoms with Gasteiger partial charge in [-0.05, 0) is 69.4 Å². The number of rotatable bonds is 7. The van der Waals surface area contributed by atoms with Crippen LogP contribution >= 0.6 is 0 Å². The van der Waals surface area contributed by atoms with Gasteiger partial charge in [-0.25, -0.2) is 18.7 Å². The van der Waals surface area contributed by atoms with Crippen molar-refractivity contribution < 1.29 is 23.0 Å². The minimum atomic E-state index is -0.761. The topological polar surface area (TPSA) is 111 Å². The van der Waals surface area contributed by atoms with Crippen LogP contribution in [0.15, 0.2) is 65.8 Å². The molecule has 0 radical (unpaired) electrons. The third-order valence-corrected chi connectivity index (χ3v) is 7.30. The van der Waals surface area contributed by atoms with Crippen molar-refractivity contribution in [1.82, 2.24) is 19.4 Å². The number of halogens is 2. The molecule has 2 aliphatic heterocycles. The first-order valence-electron chi connectivity index (χ1n) is 13.6. The molecule has 0 saturated carbocycles. The molecule has 1 fully saturated rings. The number of fused-ring (bicyclic) bond motifs is 1. The van der Waals surface area contributed by atoms with Gasteiger partial charge < -0.3 is 25.0 Å². The van der Waals surface area contributed by atoms with Crippen LogP contribution in [0, 0.1) is 11.6 Å². The molecule has 0 unspecified atom stereocenters. The van der Waals surface area contributed by atoms with Crippen molar-refractivity contribution in [3.63, 3.8) is 0 Å². The van der Waals surface area contributed by atoms with Crippen LogP contribution in [0.2, 0.25) is 0 Å². The number of hydrogen-bond acceptors (Lipinski definition) is 8. The summed E-state index contributed by atoms with van der Waals surface area (Å²) in [5, 5.41) is 5.95. The van der Waals surface area contributed by atoms with Crippen molar-refractivity contribution in [3.8, 4) is 23.1 Å². The fourth-order valence-electron chi connectivity index (χ4n) is 5.05. The number of carbonyl (C=O) groups is 1. The lowest BCUT2D eigenvalue weighted by molar-refractivity contribution is 0.102. The van der Waals surface area contributed by atoms with E-state index in [0.717, 1.165) is 32.0 Å². The van der Waals surface area contributed by atoms with Gasteiger partial charge in [-0.2, -0.15) is 0 Å². The lowest BCUT2D eigenvalue weighted by Gasteiger charge is -2.29. The van der Waals surface area contributed by atoms with E-state index in [1.807, 2.05) is 0 Å². The van der Waals surface area contributed by atoms with E-state index in [9.17, 15) is 14.0 Å². The number of nitrogens with one attached hydrogen (secondary N) is 2. The molecule has 12 heteroatoms. The molecule has 0 atom stereocenters. The summed E-state index contributed by atoms with van der Waals surface area (Å²) in [5.41, 5.74) is 0.301. The molecule has 1 amide bonds. The average Bonchev–Trinajstić information content (AvgIpc) is 3.44. The minimum Gasteiger partial charge on any atom is -0.492 e. The highest BCUT2D eigenvalue weighted by atomic mass is 19.1. The molecule has 216 valence electrons. The molecule has 2 N–H and O–H groups in total. The Hall–Kier alpha value is -4.84. The predicted octanol–water partition coefficient (Wildman–Crippen LogP) is 4.39. The molecule has 2 aromatic heterocycles. The third kappa shape index (κ3) is 5.79. The second-order valence-electron chi connectivity index (χ2n) is 10.3. The number of ether oxygens (including phenoxy) is 2. The zero-order valence-electron chi connectivity index (χ0n) is 22.8. The van der Waals surface area contributed by atoms with Gasteiger partial charge in [0.15, 0.2) is 11.6 Å². The summed E-state index contributed by atoms with van der Waals surface area (Å²) in [5.74, 6) is -1.12. The summed E-state index contributed by atoms with van der Waals surface area (Å²) in [6, 6.07) is 11.1. The number of likely N-dealkylation sites (tertiary alicyclic amines) is 1. The first kappa shape index (κ1) is 27.3. The number of pyridine rings is 1. The summed E-state index contributed by atoms with van der Waals surface area (Å²) in [7, 11) is 2.09. The van der Waals surface area contributed by atoms with Crippen LogP contribution in [0.1, 0.15) is 28.8 Å². The predicted molar refractivity (Wildman–Crippen MR) is 152 cm³/mol. The molecule has 4 heterocycles. The van der Waals surface area contributed by atoms with Gasteiger partial charge in [-0.1, -0.05) is 0 Å². The number of hydrogen-bond donors (Lipinski definition) is 2. The molecule has 0 aliphatic carbocycles. The van der Waals surface area contributed by atoms with Gasteiger partial charge in [-0.3, -0.25) is 14.2 Å². The van der Waals surface area contributed by atoms with Crippen molar-refractivity contribution >= 4 is 17.4 Å². The highest BCUT2D eigenvalue weighted by Crippen LogP contribution is 2.30. The van der Waals surface area contributed by atoms with E-state index in [-0.39, 0.29) is 34.7 Å². The number of benzene rings is 2. The van der Waals surface area contributed by atoms with E-state index in [4.69, 9.17) is 9.47 Å². The Kier molecular flexibility index (Phi) is 7.53. The monoisotopic (exact) mass is 574 g/mol. The van der Waals surface area contributed by atoms with Crippen LogP contribution in [-0.4, -0.2) is 58.1 Å². The molecular weight excluding hydrogens is 546 g/mol. The molecule has 0 spiro atoms. The van der Waals surface area contributed by atoms with Crippen molar-refractivity contribution in [3.05, 3.63) is 94.2 Å². The lowest BCUT2D eigenvalue weighted by atomic mass is 10.1. The Morgan fingerprint density at radius 3 is 2.62 bits per heavy atom. The average molecular weight is 575 g/mol. The van der Waals surface area contributed by atoms with Gasteiger partial charge in [0.25, 0.3) is 11.5 Å². The van der Waals surface area contributed by atoms with Crippen LogP contribution in [0.5, 0.6) is 17.4 Å². The Balaban J connectivity index is 1.18. The molecule has 10 nitrogen and oxygen atoms in total. The first-order chi connectivity index (χ1) is 20.3. The number of aromatic nitrogens is 3. The smallest absolute Gasteiger partial charge is 0.271 e. The Labute approximate surface area is 239 Å². The number of carbonyl (C=O) groups excluding carboxylic acids is 1. The second-order valence-corrected chi connectivity index (χ2v) is 10.3. The van der Waals surface area contributed by atoms with Crippen LogP contribution < -0.4 is 25.7 Å². The fraction of sp³-hybridized carbons (Fsp3) is 0.267. The normalized spacial score (nSPS) is 15.1. The maximum atomic E-state index is 15.1. The molecule has 6 rings (SSSR count). The van der Waals surface area contributed by atoms with Crippen LogP contribution in [0.4, 0.5) is 20.3 Å². The van der Waals surface area contributed by atoms with E-state index >= 15 is 4.39 Å². The zero-order valence-corrected chi connectivity index (χ0v) is 22.8. The fourth-order valence-corrected chi connectivity index (χ4v) is 5.05. The summed E-state index contributed by atoms with van der Waals surface area (Å²) in [6.45, 7) is 2.29. The Morgan fingerprint density at radius 2 is 1.86 bits per heavy atom. The maximum Gasteiger partial charge on any atom is 0.271 e. The van der Waals surface area contributed by atoms with Gasteiger partial charge in [0.1, 0.15) is 29.3 Å². The van der Waals surface area contributed by atoms with Crippen molar-refractivity contribution in [2.75, 3.05) is 37.4 Å². The van der Waals surface area contributed by atoms with Gasteiger partial charge in [-0.15, -0.1) is 0 Å². The Bertz CT molecular complexity index is 1690. The summed E-state index contributed by atoms with van der Waals surface area (Å²) in [6.07, 6.45) is 5.39. The molecular formula is C30H28F2N6O4. The van der Waals surface area contributed by atoms with E-state index in [1.165, 1.54) is 47.3 Å². The number of amides is 1. The number of anilines is 2. The lowest BCUT2D eigenvalue weighted by Crippen LogP contribution is -2.36. The minimum absolute atomic E-state index is 0.0976. The van der Waals surface area contributed by atoms with Gasteiger partial charge in [0, 0.05) is 47.7 Å². The zero-order chi connectivity index (χ0) is 29.2. The van der Waals surface area contributed by atoms with Gasteiger partial charge in [0.05, 0.1) is 6.61 Å². The highest BCUT2D eigenvalue weighted by molar-refractivity contribution is 6.06. The van der Waals surface area contributed by atoms with Crippen molar-refractivity contribution in [2.45, 2.75) is 25.3 Å². The standard InChI is InChI=1S/C30H28F2N6O4/c1-37-11-8-20(9-12-37)35-25-15-26(34-17-33-25)42-24-7-4-21(14-23(24)32)36-29(39)27-28-18(10-13-41-28)16-38(30(27)40)22-5-2-19(31)3-6-22/h2-7,14-17,20H,8-13H2,1H3,(H,36,39)(H,33,34,35). The van der Waals surface area contributed by atoms with Crippen LogP contribution in [0.25, 0.3) is 5.69 Å². The molecule has 42 heavy (non-hydrogen) atoms. The molecule has 2 aliphatic rings.